The summed E-state index contributed by atoms with van der Waals surface area (Å²) in [4.78, 5) is 8.08. The smallest absolute Gasteiger partial charge is 0.138 e. The summed E-state index contributed by atoms with van der Waals surface area (Å²) in [6, 6.07) is 12.5. The van der Waals surface area contributed by atoms with Crippen molar-refractivity contribution < 1.29 is 0 Å². The van der Waals surface area contributed by atoms with Crippen molar-refractivity contribution in [2.45, 2.75) is 20.4 Å². The molecule has 3 nitrogen and oxygen atoms in total. The van der Waals surface area contributed by atoms with Crippen LogP contribution in [-0.2, 0) is 6.54 Å². The molecule has 3 N–H and O–H groups in total. The number of nitrogens with one attached hydrogen (secondary N) is 1. The molecule has 0 aliphatic heterocycles. The van der Waals surface area contributed by atoms with Crippen LogP contribution in [0.15, 0.2) is 36.4 Å². The molecule has 1 aromatic heterocycles. The summed E-state index contributed by atoms with van der Waals surface area (Å²) >= 11 is 0. The number of aromatic nitrogens is 2. The van der Waals surface area contributed by atoms with Crippen molar-refractivity contribution in [3.8, 4) is 11.4 Å². The Bertz CT molecular complexity index is 724. The van der Waals surface area contributed by atoms with E-state index in [0.717, 1.165) is 28.0 Å². The fourth-order valence-electron chi connectivity index (χ4n) is 2.41. The molecule has 96 valence electrons. The maximum Gasteiger partial charge on any atom is 0.138 e. The number of hydrogen-bond acceptors (Lipinski definition) is 2. The molecule has 0 bridgehead atoms. The molecule has 3 aromatic rings. The second-order valence-corrected chi connectivity index (χ2v) is 4.96. The van der Waals surface area contributed by atoms with E-state index >= 15 is 0 Å². The summed E-state index contributed by atoms with van der Waals surface area (Å²) in [5.74, 6) is 0.910. The predicted molar refractivity (Wildman–Crippen MR) is 78.9 cm³/mol. The summed E-state index contributed by atoms with van der Waals surface area (Å²) < 4.78 is 0. The van der Waals surface area contributed by atoms with Gasteiger partial charge in [-0.25, -0.2) is 4.98 Å². The van der Waals surface area contributed by atoms with Gasteiger partial charge in [-0.15, -0.1) is 0 Å². The second kappa shape index (κ2) is 4.52. The first-order valence-electron chi connectivity index (χ1n) is 6.44. The predicted octanol–water partition coefficient (Wildman–Crippen LogP) is 3.31. The van der Waals surface area contributed by atoms with E-state index in [1.54, 1.807) is 0 Å². The number of H-pyrrole nitrogens is 1. The van der Waals surface area contributed by atoms with Crippen LogP contribution in [0.2, 0.25) is 0 Å². The third-order valence-electron chi connectivity index (χ3n) is 3.38. The number of nitrogens with two attached hydrogens (primary N) is 1. The molecule has 1 heterocycles. The molecule has 19 heavy (non-hydrogen) atoms. The summed E-state index contributed by atoms with van der Waals surface area (Å²) in [5.41, 5.74) is 12.4. The molecule has 0 saturated heterocycles. The lowest BCUT2D eigenvalue weighted by Gasteiger charge is -1.98. The Morgan fingerprint density at radius 2 is 1.84 bits per heavy atom. The number of hydrogen-bond donors (Lipinski definition) is 2. The minimum Gasteiger partial charge on any atom is -0.338 e. The largest absolute Gasteiger partial charge is 0.338 e. The van der Waals surface area contributed by atoms with Gasteiger partial charge in [0.25, 0.3) is 0 Å². The Balaban J connectivity index is 2.12. The average Bonchev–Trinajstić information content (AvgIpc) is 2.83. The molecular weight excluding hydrogens is 234 g/mol. The van der Waals surface area contributed by atoms with Crippen molar-refractivity contribution in [2.75, 3.05) is 0 Å². The number of fused-ring (bicyclic) bond motifs is 1. The molecule has 0 amide bonds. The van der Waals surface area contributed by atoms with Gasteiger partial charge in [0.2, 0.25) is 0 Å². The van der Waals surface area contributed by atoms with Crippen molar-refractivity contribution in [2.24, 2.45) is 5.73 Å². The lowest BCUT2D eigenvalue weighted by atomic mass is 10.1. The molecule has 0 atom stereocenters. The molecule has 0 spiro atoms. The van der Waals surface area contributed by atoms with Crippen LogP contribution in [0, 0.1) is 13.8 Å². The zero-order valence-electron chi connectivity index (χ0n) is 11.2. The molecule has 0 saturated carbocycles. The molecule has 0 unspecified atom stereocenters. The van der Waals surface area contributed by atoms with Crippen molar-refractivity contribution in [1.82, 2.24) is 9.97 Å². The van der Waals surface area contributed by atoms with E-state index in [0.29, 0.717) is 6.54 Å². The number of aromatic amines is 1. The standard InChI is InChI=1S/C16H17N3/c1-10-7-11(2)15-14(8-10)18-16(19-15)13-5-3-12(9-17)4-6-13/h3-8H,9,17H2,1-2H3,(H,18,19). The van der Waals surface area contributed by atoms with Gasteiger partial charge in [-0.2, -0.15) is 0 Å². The van der Waals surface area contributed by atoms with E-state index < -0.39 is 0 Å². The Kier molecular flexibility index (Phi) is 2.84. The highest BCUT2D eigenvalue weighted by Crippen LogP contribution is 2.24. The number of nitrogens with zero attached hydrogens (tertiary/aromatic N) is 1. The highest BCUT2D eigenvalue weighted by Gasteiger charge is 2.07. The van der Waals surface area contributed by atoms with Crippen LogP contribution in [0.5, 0.6) is 0 Å². The summed E-state index contributed by atoms with van der Waals surface area (Å²) in [5, 5.41) is 0. The Labute approximate surface area is 112 Å². The van der Waals surface area contributed by atoms with E-state index in [-0.39, 0.29) is 0 Å². The van der Waals surface area contributed by atoms with Crippen LogP contribution in [0.3, 0.4) is 0 Å². The zero-order valence-corrected chi connectivity index (χ0v) is 11.2. The molecular formula is C16H17N3. The third kappa shape index (κ3) is 2.13. The number of aryl methyl sites for hydroxylation is 2. The van der Waals surface area contributed by atoms with Crippen LogP contribution in [0.1, 0.15) is 16.7 Å². The van der Waals surface area contributed by atoms with E-state index in [1.807, 2.05) is 12.1 Å². The minimum absolute atomic E-state index is 0.568. The summed E-state index contributed by atoms with van der Waals surface area (Å²) in [7, 11) is 0. The molecule has 3 heteroatoms. The first-order chi connectivity index (χ1) is 9.17. The molecule has 3 rings (SSSR count). The lowest BCUT2D eigenvalue weighted by molar-refractivity contribution is 1.07. The normalized spacial score (nSPS) is 11.1. The molecule has 0 aliphatic rings. The SMILES string of the molecule is Cc1cc(C)c2nc(-c3ccc(CN)cc3)[nH]c2c1. The Morgan fingerprint density at radius 3 is 2.53 bits per heavy atom. The van der Waals surface area contributed by atoms with E-state index in [2.05, 4.69) is 43.1 Å². The van der Waals surface area contributed by atoms with E-state index in [4.69, 9.17) is 10.7 Å². The Hall–Kier alpha value is -2.13. The third-order valence-corrected chi connectivity index (χ3v) is 3.38. The highest BCUT2D eigenvalue weighted by atomic mass is 14.9. The van der Waals surface area contributed by atoms with E-state index in [1.165, 1.54) is 11.1 Å². The van der Waals surface area contributed by atoms with Gasteiger partial charge in [-0.1, -0.05) is 30.3 Å². The number of imidazole rings is 1. The van der Waals surface area contributed by atoms with Gasteiger partial charge in [0, 0.05) is 12.1 Å². The lowest BCUT2D eigenvalue weighted by Crippen LogP contribution is -1.95. The van der Waals surface area contributed by atoms with Gasteiger partial charge >= 0.3 is 0 Å². The maximum absolute atomic E-state index is 5.61. The topological polar surface area (TPSA) is 54.7 Å². The molecule has 0 fully saturated rings. The maximum atomic E-state index is 5.61. The van der Waals surface area contributed by atoms with Crippen LogP contribution < -0.4 is 5.73 Å². The first kappa shape index (κ1) is 11.9. The van der Waals surface area contributed by atoms with Gasteiger partial charge in [0.05, 0.1) is 11.0 Å². The minimum atomic E-state index is 0.568. The van der Waals surface area contributed by atoms with Crippen molar-refractivity contribution in [1.29, 1.82) is 0 Å². The van der Waals surface area contributed by atoms with Gasteiger partial charge < -0.3 is 10.7 Å². The number of rotatable bonds is 2. The monoisotopic (exact) mass is 251 g/mol. The average molecular weight is 251 g/mol. The van der Waals surface area contributed by atoms with Crippen molar-refractivity contribution in [3.63, 3.8) is 0 Å². The van der Waals surface area contributed by atoms with Crippen LogP contribution >= 0.6 is 0 Å². The molecule has 2 aromatic carbocycles. The van der Waals surface area contributed by atoms with Gasteiger partial charge in [0.1, 0.15) is 5.82 Å². The zero-order chi connectivity index (χ0) is 13.4. The van der Waals surface area contributed by atoms with Gasteiger partial charge in [0.15, 0.2) is 0 Å². The quantitative estimate of drug-likeness (QED) is 0.734. The first-order valence-corrected chi connectivity index (χ1v) is 6.44. The fourth-order valence-corrected chi connectivity index (χ4v) is 2.41. The van der Waals surface area contributed by atoms with Crippen LogP contribution in [-0.4, -0.2) is 9.97 Å². The molecule has 0 radical (unpaired) electrons. The van der Waals surface area contributed by atoms with E-state index in [9.17, 15) is 0 Å². The fraction of sp³-hybridized carbons (Fsp3) is 0.188. The summed E-state index contributed by atoms with van der Waals surface area (Å²) in [6.45, 7) is 4.76. The van der Waals surface area contributed by atoms with Crippen molar-refractivity contribution in [3.05, 3.63) is 53.1 Å². The highest BCUT2D eigenvalue weighted by molar-refractivity contribution is 5.83. The number of benzene rings is 2. The van der Waals surface area contributed by atoms with Gasteiger partial charge in [-0.3, -0.25) is 0 Å². The Morgan fingerprint density at radius 1 is 1.11 bits per heavy atom. The summed E-state index contributed by atoms with van der Waals surface area (Å²) in [6.07, 6.45) is 0. The van der Waals surface area contributed by atoms with Crippen LogP contribution in [0.4, 0.5) is 0 Å². The second-order valence-electron chi connectivity index (χ2n) is 4.96. The molecule has 0 aliphatic carbocycles. The van der Waals surface area contributed by atoms with Crippen molar-refractivity contribution >= 4 is 11.0 Å². The van der Waals surface area contributed by atoms with Gasteiger partial charge in [-0.05, 0) is 36.6 Å². The van der Waals surface area contributed by atoms with Crippen LogP contribution in [0.25, 0.3) is 22.4 Å².